The zero-order valence-corrected chi connectivity index (χ0v) is 7.44. The summed E-state index contributed by atoms with van der Waals surface area (Å²) in [5.41, 5.74) is 1.08. The molecule has 12 heavy (non-hydrogen) atoms. The van der Waals surface area contributed by atoms with Crippen LogP contribution in [0, 0.1) is 11.7 Å². The van der Waals surface area contributed by atoms with Crippen LogP contribution in [0.5, 0.6) is 0 Å². The minimum atomic E-state index is -0.250. The third-order valence-corrected chi connectivity index (χ3v) is 2.57. The monoisotopic (exact) mass is 184 g/mol. The molecule has 0 nitrogen and oxygen atoms in total. The van der Waals surface area contributed by atoms with Crippen molar-refractivity contribution in [1.82, 2.24) is 0 Å². The molecular weight excluding hydrogens is 175 g/mol. The Bertz CT molecular complexity index is 292. The Labute approximate surface area is 76.4 Å². The molecule has 0 unspecified atom stereocenters. The molecular formula is C10H10ClF. The smallest absolute Gasteiger partial charge is 0.124 e. The first-order valence-corrected chi connectivity index (χ1v) is 4.57. The van der Waals surface area contributed by atoms with Gasteiger partial charge in [-0.05, 0) is 42.9 Å². The third-order valence-electron chi connectivity index (χ3n) is 2.22. The van der Waals surface area contributed by atoms with Crippen LogP contribution in [0.25, 0.3) is 0 Å². The van der Waals surface area contributed by atoms with Gasteiger partial charge in [0.1, 0.15) is 5.82 Å². The van der Waals surface area contributed by atoms with E-state index in [1.165, 1.54) is 25.0 Å². The van der Waals surface area contributed by atoms with Crippen LogP contribution in [-0.2, 0) is 6.42 Å². The third kappa shape index (κ3) is 1.78. The first-order chi connectivity index (χ1) is 5.75. The highest BCUT2D eigenvalue weighted by atomic mass is 35.5. The maximum absolute atomic E-state index is 12.6. The van der Waals surface area contributed by atoms with E-state index in [-0.39, 0.29) is 5.82 Å². The van der Waals surface area contributed by atoms with Gasteiger partial charge in [-0.15, -0.1) is 0 Å². The standard InChI is InChI=1S/C10H10ClF/c11-10-6-9(12)4-3-8(10)5-7-1-2-7/h3-4,6-7H,1-2,5H2. The fourth-order valence-corrected chi connectivity index (χ4v) is 1.56. The van der Waals surface area contributed by atoms with Crippen molar-refractivity contribution < 1.29 is 4.39 Å². The molecule has 1 aromatic carbocycles. The highest BCUT2D eigenvalue weighted by Crippen LogP contribution is 2.34. The van der Waals surface area contributed by atoms with Crippen LogP contribution >= 0.6 is 11.6 Å². The lowest BCUT2D eigenvalue weighted by Crippen LogP contribution is -1.88. The molecule has 0 aliphatic heterocycles. The normalized spacial score (nSPS) is 16.5. The molecule has 0 bridgehead atoms. The van der Waals surface area contributed by atoms with Crippen molar-refractivity contribution in [3.05, 3.63) is 34.6 Å². The van der Waals surface area contributed by atoms with Crippen LogP contribution in [0.2, 0.25) is 5.02 Å². The quantitative estimate of drug-likeness (QED) is 0.661. The van der Waals surface area contributed by atoms with E-state index in [9.17, 15) is 4.39 Å². The van der Waals surface area contributed by atoms with Crippen LogP contribution in [0.15, 0.2) is 18.2 Å². The van der Waals surface area contributed by atoms with Crippen molar-refractivity contribution in [1.29, 1.82) is 0 Å². The second-order valence-electron chi connectivity index (χ2n) is 3.38. The highest BCUT2D eigenvalue weighted by Gasteiger charge is 2.22. The Kier molecular flexibility index (Phi) is 2.05. The SMILES string of the molecule is Fc1ccc(CC2CC2)c(Cl)c1. The summed E-state index contributed by atoms with van der Waals surface area (Å²) in [5.74, 6) is 0.549. The number of benzene rings is 1. The van der Waals surface area contributed by atoms with Crippen LogP contribution < -0.4 is 0 Å². The molecule has 1 aliphatic rings. The molecule has 1 saturated carbocycles. The summed E-state index contributed by atoms with van der Waals surface area (Å²) in [6, 6.07) is 4.65. The van der Waals surface area contributed by atoms with Crippen LogP contribution in [0.3, 0.4) is 0 Å². The van der Waals surface area contributed by atoms with Crippen LogP contribution in [0.4, 0.5) is 4.39 Å². The van der Waals surface area contributed by atoms with Crippen molar-refractivity contribution >= 4 is 11.6 Å². The van der Waals surface area contributed by atoms with Gasteiger partial charge in [-0.2, -0.15) is 0 Å². The van der Waals surface area contributed by atoms with Crippen LogP contribution in [-0.4, -0.2) is 0 Å². The summed E-state index contributed by atoms with van der Waals surface area (Å²) < 4.78 is 12.6. The maximum Gasteiger partial charge on any atom is 0.124 e. The molecule has 0 aromatic heterocycles. The van der Waals surface area contributed by atoms with Gasteiger partial charge in [0.15, 0.2) is 0 Å². The van der Waals surface area contributed by atoms with Crippen molar-refractivity contribution in [3.63, 3.8) is 0 Å². The Morgan fingerprint density at radius 2 is 2.17 bits per heavy atom. The number of rotatable bonds is 2. The number of hydrogen-bond acceptors (Lipinski definition) is 0. The van der Waals surface area contributed by atoms with E-state index in [0.29, 0.717) is 5.02 Å². The Morgan fingerprint density at radius 1 is 1.42 bits per heavy atom. The van der Waals surface area contributed by atoms with Crippen molar-refractivity contribution in [2.45, 2.75) is 19.3 Å². The highest BCUT2D eigenvalue weighted by molar-refractivity contribution is 6.31. The van der Waals surface area contributed by atoms with Crippen LogP contribution in [0.1, 0.15) is 18.4 Å². The Hall–Kier alpha value is -0.560. The zero-order valence-electron chi connectivity index (χ0n) is 6.69. The molecule has 0 N–H and O–H groups in total. The first-order valence-electron chi connectivity index (χ1n) is 4.19. The molecule has 1 aromatic rings. The van der Waals surface area contributed by atoms with E-state index in [1.807, 2.05) is 0 Å². The summed E-state index contributed by atoms with van der Waals surface area (Å²) in [7, 11) is 0. The summed E-state index contributed by atoms with van der Waals surface area (Å²) in [6.07, 6.45) is 3.61. The second kappa shape index (κ2) is 3.06. The molecule has 64 valence electrons. The molecule has 2 rings (SSSR count). The fourth-order valence-electron chi connectivity index (χ4n) is 1.32. The molecule has 2 heteroatoms. The predicted octanol–water partition coefficient (Wildman–Crippen LogP) is 3.43. The van der Waals surface area contributed by atoms with Gasteiger partial charge in [-0.3, -0.25) is 0 Å². The van der Waals surface area contributed by atoms with E-state index in [1.54, 1.807) is 6.07 Å². The average Bonchev–Trinajstić information content (AvgIpc) is 2.79. The summed E-state index contributed by atoms with van der Waals surface area (Å²) in [5, 5.41) is 0.571. The minimum absolute atomic E-state index is 0.250. The van der Waals surface area contributed by atoms with E-state index in [0.717, 1.165) is 17.9 Å². The van der Waals surface area contributed by atoms with Gasteiger partial charge in [0.25, 0.3) is 0 Å². The lowest BCUT2D eigenvalue weighted by Gasteiger charge is -2.01. The molecule has 0 saturated heterocycles. The first kappa shape index (κ1) is 8.06. The van der Waals surface area contributed by atoms with Gasteiger partial charge in [0.05, 0.1) is 0 Å². The van der Waals surface area contributed by atoms with E-state index in [4.69, 9.17) is 11.6 Å². The van der Waals surface area contributed by atoms with E-state index < -0.39 is 0 Å². The van der Waals surface area contributed by atoms with E-state index in [2.05, 4.69) is 0 Å². The van der Waals surface area contributed by atoms with Crippen molar-refractivity contribution in [2.24, 2.45) is 5.92 Å². The van der Waals surface area contributed by atoms with Gasteiger partial charge in [0, 0.05) is 5.02 Å². The molecule has 0 spiro atoms. The molecule has 0 amide bonds. The molecule has 0 radical (unpaired) electrons. The predicted molar refractivity (Wildman–Crippen MR) is 47.8 cm³/mol. The summed E-state index contributed by atoms with van der Waals surface area (Å²) >= 11 is 5.86. The fraction of sp³-hybridized carbons (Fsp3) is 0.400. The zero-order chi connectivity index (χ0) is 8.55. The second-order valence-corrected chi connectivity index (χ2v) is 3.79. The minimum Gasteiger partial charge on any atom is -0.207 e. The number of hydrogen-bond donors (Lipinski definition) is 0. The number of halogens is 2. The molecule has 1 fully saturated rings. The van der Waals surface area contributed by atoms with Gasteiger partial charge in [0.2, 0.25) is 0 Å². The van der Waals surface area contributed by atoms with Gasteiger partial charge < -0.3 is 0 Å². The summed E-state index contributed by atoms with van der Waals surface area (Å²) in [6.45, 7) is 0. The van der Waals surface area contributed by atoms with Gasteiger partial charge in [-0.1, -0.05) is 17.7 Å². The van der Waals surface area contributed by atoms with Gasteiger partial charge in [-0.25, -0.2) is 4.39 Å². The molecule has 0 heterocycles. The van der Waals surface area contributed by atoms with Gasteiger partial charge >= 0.3 is 0 Å². The lowest BCUT2D eigenvalue weighted by molar-refractivity contribution is 0.626. The molecule has 0 atom stereocenters. The maximum atomic E-state index is 12.6. The summed E-state index contributed by atoms with van der Waals surface area (Å²) in [4.78, 5) is 0. The topological polar surface area (TPSA) is 0 Å². The largest absolute Gasteiger partial charge is 0.207 e. The Balaban J connectivity index is 2.18. The average molecular weight is 185 g/mol. The lowest BCUT2D eigenvalue weighted by atomic mass is 10.1. The van der Waals surface area contributed by atoms with Crippen molar-refractivity contribution in [2.75, 3.05) is 0 Å². The molecule has 1 aliphatic carbocycles. The van der Waals surface area contributed by atoms with E-state index >= 15 is 0 Å². The van der Waals surface area contributed by atoms with Crippen molar-refractivity contribution in [3.8, 4) is 0 Å². The Morgan fingerprint density at radius 3 is 2.75 bits per heavy atom.